The van der Waals surface area contributed by atoms with Gasteiger partial charge >= 0.3 is 0 Å². The maximum absolute atomic E-state index is 12.4. The normalized spacial score (nSPS) is 15.2. The number of carbonyl (C=O) groups excluding carboxylic acids is 1. The molecule has 2 aromatic carbocycles. The van der Waals surface area contributed by atoms with Gasteiger partial charge < -0.3 is 5.32 Å². The molecule has 1 N–H and O–H groups in total. The first-order valence-corrected chi connectivity index (χ1v) is 12.5. The van der Waals surface area contributed by atoms with Crippen LogP contribution in [0, 0.1) is 6.92 Å². The van der Waals surface area contributed by atoms with Crippen LogP contribution in [-0.4, -0.2) is 52.1 Å². The quantitative estimate of drug-likeness (QED) is 0.542. The van der Waals surface area contributed by atoms with Crippen molar-refractivity contribution >= 4 is 17.2 Å². The number of benzene rings is 2. The summed E-state index contributed by atoms with van der Waals surface area (Å²) in [6.45, 7) is 12.8. The number of amides is 1. The molecular formula is C26H33N5OS. The molecule has 1 aliphatic rings. The molecule has 7 heteroatoms. The smallest absolute Gasteiger partial charge is 0.282 e. The third-order valence-electron chi connectivity index (χ3n) is 6.11. The van der Waals surface area contributed by atoms with E-state index < -0.39 is 0 Å². The van der Waals surface area contributed by atoms with E-state index in [2.05, 4.69) is 70.4 Å². The first-order valence-electron chi connectivity index (χ1n) is 11.7. The van der Waals surface area contributed by atoms with E-state index in [0.29, 0.717) is 17.5 Å². The molecule has 0 unspecified atom stereocenters. The fraction of sp³-hybridized carbons (Fsp3) is 0.423. The van der Waals surface area contributed by atoms with Crippen molar-refractivity contribution in [3.8, 4) is 0 Å². The van der Waals surface area contributed by atoms with Crippen LogP contribution >= 0.6 is 11.3 Å². The summed E-state index contributed by atoms with van der Waals surface area (Å²) in [6, 6.07) is 17.2. The minimum atomic E-state index is -0.160. The molecule has 33 heavy (non-hydrogen) atoms. The van der Waals surface area contributed by atoms with Crippen molar-refractivity contribution < 1.29 is 4.79 Å². The molecule has 1 aliphatic heterocycles. The third-order valence-corrected chi connectivity index (χ3v) is 7.02. The average molecular weight is 464 g/mol. The van der Waals surface area contributed by atoms with E-state index in [-0.39, 0.29) is 5.91 Å². The van der Waals surface area contributed by atoms with E-state index in [1.165, 1.54) is 28.0 Å². The number of nitrogens with zero attached hydrogens (tertiary/aromatic N) is 4. The molecule has 1 fully saturated rings. The van der Waals surface area contributed by atoms with Crippen LogP contribution in [0.2, 0.25) is 0 Å². The predicted octanol–water partition coefficient (Wildman–Crippen LogP) is 4.22. The topological polar surface area (TPSA) is 61.4 Å². The lowest BCUT2D eigenvalue weighted by molar-refractivity contribution is 0.0950. The molecule has 0 radical (unpaired) electrons. The van der Waals surface area contributed by atoms with Gasteiger partial charge in [0, 0.05) is 39.3 Å². The van der Waals surface area contributed by atoms with Gasteiger partial charge in [-0.05, 0) is 29.5 Å². The molecule has 0 saturated carbocycles. The van der Waals surface area contributed by atoms with Crippen molar-refractivity contribution in [1.29, 1.82) is 0 Å². The van der Waals surface area contributed by atoms with Crippen molar-refractivity contribution in [3.63, 3.8) is 0 Å². The number of rotatable bonds is 8. The number of aromatic nitrogens is 2. The average Bonchev–Trinajstić information content (AvgIpc) is 3.29. The number of hydrogen-bond donors (Lipinski definition) is 1. The van der Waals surface area contributed by atoms with Gasteiger partial charge in [0.05, 0.1) is 6.54 Å². The highest BCUT2D eigenvalue weighted by molar-refractivity contribution is 7.13. The van der Waals surface area contributed by atoms with Crippen LogP contribution in [0.5, 0.6) is 0 Å². The summed E-state index contributed by atoms with van der Waals surface area (Å²) in [4.78, 5) is 17.3. The Morgan fingerprint density at radius 3 is 2.15 bits per heavy atom. The van der Waals surface area contributed by atoms with Gasteiger partial charge in [0.2, 0.25) is 5.01 Å². The van der Waals surface area contributed by atoms with Crippen LogP contribution in [-0.2, 0) is 19.6 Å². The van der Waals surface area contributed by atoms with Crippen molar-refractivity contribution in [2.45, 2.75) is 46.3 Å². The van der Waals surface area contributed by atoms with Gasteiger partial charge in [-0.1, -0.05) is 79.3 Å². The summed E-state index contributed by atoms with van der Waals surface area (Å²) in [5.41, 5.74) is 5.05. The maximum Gasteiger partial charge on any atom is 0.282 e. The molecule has 174 valence electrons. The Bertz CT molecular complexity index is 1040. The van der Waals surface area contributed by atoms with E-state index >= 15 is 0 Å². The van der Waals surface area contributed by atoms with Gasteiger partial charge in [-0.2, -0.15) is 0 Å². The first-order chi connectivity index (χ1) is 16.0. The SMILES string of the molecule is Cc1ccc(CNC(=O)c2nnc(CN3CCN(Cc4ccc(C(C)C)cc4)CC3)s2)cc1. The van der Waals surface area contributed by atoms with Crippen molar-refractivity contribution in [3.05, 3.63) is 80.8 Å². The fourth-order valence-electron chi connectivity index (χ4n) is 3.94. The number of hydrogen-bond acceptors (Lipinski definition) is 6. The van der Waals surface area contributed by atoms with Crippen LogP contribution in [0.25, 0.3) is 0 Å². The van der Waals surface area contributed by atoms with Gasteiger partial charge in [-0.25, -0.2) is 0 Å². The van der Waals surface area contributed by atoms with Crippen LogP contribution in [0.3, 0.4) is 0 Å². The standard InChI is InChI=1S/C26H33N5OS/c1-19(2)23-10-8-22(9-11-23)17-30-12-14-31(15-13-30)18-24-28-29-26(33-24)25(32)27-16-21-6-4-20(3)5-7-21/h4-11,19H,12-18H2,1-3H3,(H,27,32). The second-order valence-corrected chi connectivity index (χ2v) is 10.2. The van der Waals surface area contributed by atoms with Gasteiger partial charge in [-0.3, -0.25) is 14.6 Å². The summed E-state index contributed by atoms with van der Waals surface area (Å²) in [6.07, 6.45) is 0. The molecule has 6 nitrogen and oxygen atoms in total. The lowest BCUT2D eigenvalue weighted by Crippen LogP contribution is -2.45. The Hall–Kier alpha value is -2.61. The van der Waals surface area contributed by atoms with Gasteiger partial charge in [-0.15, -0.1) is 10.2 Å². The van der Waals surface area contributed by atoms with E-state index in [1.807, 2.05) is 24.3 Å². The van der Waals surface area contributed by atoms with Crippen molar-refractivity contribution in [2.24, 2.45) is 0 Å². The summed E-state index contributed by atoms with van der Waals surface area (Å²) in [5.74, 6) is 0.412. The third kappa shape index (κ3) is 6.69. The molecule has 1 amide bonds. The minimum absolute atomic E-state index is 0.160. The maximum atomic E-state index is 12.4. The molecule has 3 aromatic rings. The zero-order valence-electron chi connectivity index (χ0n) is 19.8. The van der Waals surface area contributed by atoms with E-state index in [9.17, 15) is 4.79 Å². The van der Waals surface area contributed by atoms with Crippen molar-refractivity contribution in [1.82, 2.24) is 25.3 Å². The van der Waals surface area contributed by atoms with E-state index in [0.717, 1.165) is 49.8 Å². The molecule has 4 rings (SSSR count). The van der Waals surface area contributed by atoms with Crippen LogP contribution in [0.1, 0.15) is 56.8 Å². The minimum Gasteiger partial charge on any atom is -0.346 e. The highest BCUT2D eigenvalue weighted by Crippen LogP contribution is 2.18. The Morgan fingerprint density at radius 1 is 0.909 bits per heavy atom. The van der Waals surface area contributed by atoms with E-state index in [1.54, 1.807) is 0 Å². The summed E-state index contributed by atoms with van der Waals surface area (Å²) < 4.78 is 0. The van der Waals surface area contributed by atoms with Gasteiger partial charge in [0.25, 0.3) is 5.91 Å². The number of piperazine rings is 1. The molecule has 0 atom stereocenters. The predicted molar refractivity (Wildman–Crippen MR) is 133 cm³/mol. The summed E-state index contributed by atoms with van der Waals surface area (Å²) >= 11 is 1.39. The lowest BCUT2D eigenvalue weighted by atomic mass is 10.0. The molecule has 0 aliphatic carbocycles. The molecule has 1 aromatic heterocycles. The second kappa shape index (κ2) is 11.0. The van der Waals surface area contributed by atoms with E-state index in [4.69, 9.17) is 0 Å². The Kier molecular flexibility index (Phi) is 7.85. The Morgan fingerprint density at radius 2 is 1.52 bits per heavy atom. The number of aryl methyl sites for hydroxylation is 1. The number of carbonyl (C=O) groups is 1. The zero-order chi connectivity index (χ0) is 23.2. The second-order valence-electron chi connectivity index (χ2n) is 9.12. The largest absolute Gasteiger partial charge is 0.346 e. The first kappa shape index (κ1) is 23.5. The summed E-state index contributed by atoms with van der Waals surface area (Å²) in [5, 5.41) is 12.6. The highest BCUT2D eigenvalue weighted by atomic mass is 32.1. The number of nitrogens with one attached hydrogen (secondary N) is 1. The van der Waals surface area contributed by atoms with Gasteiger partial charge in [0.1, 0.15) is 5.01 Å². The summed E-state index contributed by atoms with van der Waals surface area (Å²) in [7, 11) is 0. The van der Waals surface area contributed by atoms with Crippen molar-refractivity contribution in [2.75, 3.05) is 26.2 Å². The van der Waals surface area contributed by atoms with Crippen LogP contribution in [0.4, 0.5) is 0 Å². The van der Waals surface area contributed by atoms with Crippen LogP contribution in [0.15, 0.2) is 48.5 Å². The molecule has 0 bridgehead atoms. The van der Waals surface area contributed by atoms with Crippen LogP contribution < -0.4 is 5.32 Å². The van der Waals surface area contributed by atoms with Gasteiger partial charge in [0.15, 0.2) is 0 Å². The molecule has 1 saturated heterocycles. The molecule has 0 spiro atoms. The Labute approximate surface area is 200 Å². The highest BCUT2D eigenvalue weighted by Gasteiger charge is 2.20. The zero-order valence-corrected chi connectivity index (χ0v) is 20.6. The monoisotopic (exact) mass is 463 g/mol. The Balaban J connectivity index is 1.21. The lowest BCUT2D eigenvalue weighted by Gasteiger charge is -2.34. The fourth-order valence-corrected chi connectivity index (χ4v) is 4.73. The molecule has 2 heterocycles. The molecular weight excluding hydrogens is 430 g/mol.